The van der Waals surface area contributed by atoms with Crippen LogP contribution in [-0.2, 0) is 9.59 Å². The summed E-state index contributed by atoms with van der Waals surface area (Å²) in [6.45, 7) is 5.18. The predicted octanol–water partition coefficient (Wildman–Crippen LogP) is -2.45. The Kier molecular flexibility index (Phi) is 13.4. The van der Waals surface area contributed by atoms with E-state index in [1.165, 1.54) is 13.8 Å². The number of hydrogen-bond acceptors (Lipinski definition) is 4. The van der Waals surface area contributed by atoms with Crippen molar-refractivity contribution in [2.75, 3.05) is 19.7 Å². The number of aliphatic hydroxyl groups is 1. The Morgan fingerprint density at radius 2 is 1.70 bits per heavy atom. The molecule has 0 radical (unpaired) electrons. The first-order chi connectivity index (χ1) is 10.3. The number of aliphatic hydroxyl groups excluding tert-OH is 1. The van der Waals surface area contributed by atoms with Crippen LogP contribution in [0, 0.1) is 0 Å². The van der Waals surface area contributed by atoms with Crippen molar-refractivity contribution in [3.8, 4) is 0 Å². The molecule has 0 heterocycles. The monoisotopic (exact) mass is 322 g/mol. The van der Waals surface area contributed by atoms with Gasteiger partial charge in [0.1, 0.15) is 12.6 Å². The fourth-order valence-electron chi connectivity index (χ4n) is 2.71. The largest absolute Gasteiger partial charge is 1.00 e. The van der Waals surface area contributed by atoms with Gasteiger partial charge in [-0.15, -0.1) is 0 Å². The van der Waals surface area contributed by atoms with Gasteiger partial charge in [-0.1, -0.05) is 31.9 Å². The topological polar surface area (TPSA) is 97.7 Å². The fourth-order valence-corrected chi connectivity index (χ4v) is 2.71. The van der Waals surface area contributed by atoms with Crippen molar-refractivity contribution >= 4 is 11.9 Å². The van der Waals surface area contributed by atoms with E-state index in [0.717, 1.165) is 19.3 Å². The maximum atomic E-state index is 11.4. The van der Waals surface area contributed by atoms with E-state index in [1.807, 2.05) is 12.2 Å². The Morgan fingerprint density at radius 3 is 2.13 bits per heavy atom. The van der Waals surface area contributed by atoms with Crippen molar-refractivity contribution in [2.24, 2.45) is 0 Å². The smallest absolute Gasteiger partial charge is 0.544 e. The quantitative estimate of drug-likeness (QED) is 0.180. The Labute approximate surface area is 150 Å². The Hall–Kier alpha value is -0.803. The number of quaternary nitrogens is 1. The van der Waals surface area contributed by atoms with E-state index in [9.17, 15) is 24.9 Å². The van der Waals surface area contributed by atoms with E-state index in [0.29, 0.717) is 13.0 Å². The normalized spacial score (nSPS) is 16.3. The molecule has 0 saturated heterocycles. The van der Waals surface area contributed by atoms with Crippen molar-refractivity contribution in [1.82, 2.24) is 0 Å². The van der Waals surface area contributed by atoms with Gasteiger partial charge < -0.3 is 24.6 Å². The zero-order valence-electron chi connectivity index (χ0n) is 14.8. The maximum Gasteiger partial charge on any atom is 1.00 e. The summed E-state index contributed by atoms with van der Waals surface area (Å²) in [5.74, 6) is -2.37. The van der Waals surface area contributed by atoms with Crippen molar-refractivity contribution in [3.05, 3.63) is 12.2 Å². The first kappa shape index (κ1) is 24.4. The number of carboxylic acid groups (broad SMARTS) is 2. The van der Waals surface area contributed by atoms with Crippen LogP contribution in [0.5, 0.6) is 0 Å². The molecular weight excluding hydrogens is 293 g/mol. The van der Waals surface area contributed by atoms with E-state index >= 15 is 0 Å². The molecule has 7 heteroatoms. The molecule has 128 valence electrons. The number of carboxylic acids is 2. The van der Waals surface area contributed by atoms with E-state index in [-0.39, 0.29) is 36.5 Å². The molecule has 0 saturated carbocycles. The summed E-state index contributed by atoms with van der Waals surface area (Å²) in [4.78, 5) is 22.7. The van der Waals surface area contributed by atoms with Gasteiger partial charge in [0, 0.05) is 6.42 Å². The molecule has 0 aliphatic carbocycles. The molecule has 0 aromatic heterocycles. The molecule has 2 N–H and O–H groups in total. The molecule has 0 aromatic rings. The molecule has 0 aliphatic heterocycles. The minimum absolute atomic E-state index is 0. The van der Waals surface area contributed by atoms with E-state index in [4.69, 9.17) is 0 Å². The molecular formula is C16H29LiNO5+. The first-order valence-corrected chi connectivity index (χ1v) is 7.89. The molecule has 6 nitrogen and oxygen atoms in total. The van der Waals surface area contributed by atoms with Gasteiger partial charge in [0.05, 0.1) is 19.1 Å². The SMILES string of the molecule is CCCC/C=C/CC[N+](CCO)(C(C)C(=O)[O-])C(C)C(=O)O.[Li+]. The van der Waals surface area contributed by atoms with Crippen LogP contribution in [0.3, 0.4) is 0 Å². The van der Waals surface area contributed by atoms with Crippen LogP contribution in [0.4, 0.5) is 0 Å². The number of carbonyl (C=O) groups is 2. The Balaban J connectivity index is 0. The minimum Gasteiger partial charge on any atom is -0.544 e. The molecule has 0 rings (SSSR count). The summed E-state index contributed by atoms with van der Waals surface area (Å²) in [7, 11) is 0. The maximum absolute atomic E-state index is 11.4. The molecule has 0 amide bonds. The van der Waals surface area contributed by atoms with E-state index in [1.54, 1.807) is 0 Å². The molecule has 3 atom stereocenters. The zero-order valence-corrected chi connectivity index (χ0v) is 14.8. The molecule has 0 fully saturated rings. The summed E-state index contributed by atoms with van der Waals surface area (Å²) in [5.41, 5.74) is 0. The van der Waals surface area contributed by atoms with Crippen LogP contribution in [-0.4, -0.2) is 58.4 Å². The molecule has 0 aliphatic rings. The zero-order chi connectivity index (χ0) is 17.2. The van der Waals surface area contributed by atoms with Gasteiger partial charge in [0.15, 0.2) is 6.04 Å². The number of unbranched alkanes of at least 4 members (excludes halogenated alkanes) is 2. The molecule has 0 bridgehead atoms. The summed E-state index contributed by atoms with van der Waals surface area (Å²) in [5, 5.41) is 29.9. The second-order valence-corrected chi connectivity index (χ2v) is 5.69. The number of allylic oxidation sites excluding steroid dienone is 1. The van der Waals surface area contributed by atoms with Crippen molar-refractivity contribution in [2.45, 2.75) is 58.5 Å². The van der Waals surface area contributed by atoms with Gasteiger partial charge in [0.2, 0.25) is 0 Å². The third kappa shape index (κ3) is 7.54. The summed E-state index contributed by atoms with van der Waals surface area (Å²) in [6, 6.07) is -1.92. The van der Waals surface area contributed by atoms with E-state index in [2.05, 4.69) is 6.92 Å². The van der Waals surface area contributed by atoms with Crippen LogP contribution >= 0.6 is 0 Å². The van der Waals surface area contributed by atoms with Crippen molar-refractivity contribution < 1.29 is 48.3 Å². The standard InChI is InChI=1S/C16H29NO5.Li/c1-4-5-6-7-8-9-10-17(11-12-18,13(2)15(19)20)14(3)16(21)22;/h7-8,13-14,18H,4-6,9-12H2,1-3H3,(H-,19,20,21,22);/q;+1/b8-7+;. The van der Waals surface area contributed by atoms with Crippen molar-refractivity contribution in [3.63, 3.8) is 0 Å². The number of rotatable bonds is 12. The number of nitrogens with zero attached hydrogens (tertiary/aromatic N) is 1. The fraction of sp³-hybridized carbons (Fsp3) is 0.750. The average molecular weight is 322 g/mol. The third-order valence-electron chi connectivity index (χ3n) is 4.36. The Morgan fingerprint density at radius 1 is 1.13 bits per heavy atom. The predicted molar refractivity (Wildman–Crippen MR) is 81.9 cm³/mol. The van der Waals surface area contributed by atoms with Crippen LogP contribution in [0.15, 0.2) is 12.2 Å². The first-order valence-electron chi connectivity index (χ1n) is 7.89. The van der Waals surface area contributed by atoms with Gasteiger partial charge in [0.25, 0.3) is 0 Å². The molecule has 3 unspecified atom stereocenters. The van der Waals surface area contributed by atoms with Crippen molar-refractivity contribution in [1.29, 1.82) is 0 Å². The number of hydrogen-bond donors (Lipinski definition) is 2. The average Bonchev–Trinajstić information content (AvgIpc) is 2.47. The van der Waals surface area contributed by atoms with E-state index < -0.39 is 24.0 Å². The second kappa shape index (κ2) is 12.6. The third-order valence-corrected chi connectivity index (χ3v) is 4.36. The molecule has 0 spiro atoms. The van der Waals surface area contributed by atoms with Gasteiger partial charge in [-0.2, -0.15) is 0 Å². The van der Waals surface area contributed by atoms with Gasteiger partial charge >= 0.3 is 24.8 Å². The number of aliphatic carboxylic acids is 2. The minimum atomic E-state index is -1.29. The van der Waals surface area contributed by atoms with Crippen LogP contribution in [0.25, 0.3) is 0 Å². The Bertz CT molecular complexity index is 367. The van der Waals surface area contributed by atoms with Crippen LogP contribution in [0.2, 0.25) is 0 Å². The van der Waals surface area contributed by atoms with Gasteiger partial charge in [-0.25, -0.2) is 4.79 Å². The summed E-state index contributed by atoms with van der Waals surface area (Å²) in [6.07, 6.45) is 7.71. The molecule has 23 heavy (non-hydrogen) atoms. The van der Waals surface area contributed by atoms with Gasteiger partial charge in [-0.3, -0.25) is 0 Å². The second-order valence-electron chi connectivity index (χ2n) is 5.69. The number of carbonyl (C=O) groups excluding carboxylic acids is 1. The molecule has 0 aromatic carbocycles. The van der Waals surface area contributed by atoms with Crippen LogP contribution in [0.1, 0.15) is 46.5 Å². The van der Waals surface area contributed by atoms with Crippen LogP contribution < -0.4 is 24.0 Å². The van der Waals surface area contributed by atoms with Gasteiger partial charge in [-0.05, 0) is 20.3 Å². The summed E-state index contributed by atoms with van der Waals surface area (Å²) < 4.78 is -0.216. The summed E-state index contributed by atoms with van der Waals surface area (Å²) >= 11 is 0.